The van der Waals surface area contributed by atoms with E-state index in [0.717, 1.165) is 5.75 Å². The van der Waals surface area contributed by atoms with Gasteiger partial charge in [-0.05, 0) is 47.5 Å². The highest BCUT2D eigenvalue weighted by atomic mass is 32.1. The summed E-state index contributed by atoms with van der Waals surface area (Å²) in [7, 11) is 0. The fourth-order valence-corrected chi connectivity index (χ4v) is 2.52. The number of hydrogen-bond donors (Lipinski definition) is 1. The predicted octanol–water partition coefficient (Wildman–Crippen LogP) is 3.42. The van der Waals surface area contributed by atoms with E-state index < -0.39 is 0 Å². The van der Waals surface area contributed by atoms with E-state index >= 15 is 0 Å². The van der Waals surface area contributed by atoms with Gasteiger partial charge in [-0.3, -0.25) is 0 Å². The molecule has 1 aliphatic rings. The minimum absolute atomic E-state index is 0.464. The number of benzene rings is 1. The van der Waals surface area contributed by atoms with Crippen molar-refractivity contribution in [3.8, 4) is 16.9 Å². The first-order valence-corrected chi connectivity index (χ1v) is 6.77. The number of thiophene rings is 1. The lowest BCUT2D eigenvalue weighted by molar-refractivity contribution is 0.303. The van der Waals surface area contributed by atoms with Gasteiger partial charge in [-0.15, -0.1) is 11.3 Å². The Morgan fingerprint density at radius 2 is 1.94 bits per heavy atom. The molecule has 0 amide bonds. The van der Waals surface area contributed by atoms with Crippen LogP contribution >= 0.6 is 11.3 Å². The van der Waals surface area contributed by atoms with Gasteiger partial charge in [0.2, 0.25) is 0 Å². The largest absolute Gasteiger partial charge is 0.490 e. The SMILES string of the molecule is NCc1cc(-c2ccc(OC3CC3)cc2)cs1. The summed E-state index contributed by atoms with van der Waals surface area (Å²) < 4.78 is 5.73. The molecule has 0 bridgehead atoms. The van der Waals surface area contributed by atoms with Crippen LogP contribution in [0.1, 0.15) is 17.7 Å². The lowest BCUT2D eigenvalue weighted by Gasteiger charge is -2.04. The van der Waals surface area contributed by atoms with Gasteiger partial charge in [0, 0.05) is 11.4 Å². The van der Waals surface area contributed by atoms with Crippen molar-refractivity contribution < 1.29 is 4.74 Å². The van der Waals surface area contributed by atoms with E-state index in [2.05, 4.69) is 23.6 Å². The van der Waals surface area contributed by atoms with Crippen LogP contribution in [0, 0.1) is 0 Å². The van der Waals surface area contributed by atoms with Crippen LogP contribution in [0.3, 0.4) is 0 Å². The first-order valence-electron chi connectivity index (χ1n) is 5.90. The highest BCUT2D eigenvalue weighted by Crippen LogP contribution is 2.30. The summed E-state index contributed by atoms with van der Waals surface area (Å²) in [5, 5.41) is 2.15. The van der Waals surface area contributed by atoms with E-state index in [-0.39, 0.29) is 0 Å². The molecule has 3 rings (SSSR count). The number of hydrogen-bond acceptors (Lipinski definition) is 3. The fraction of sp³-hybridized carbons (Fsp3) is 0.286. The zero-order chi connectivity index (χ0) is 11.7. The van der Waals surface area contributed by atoms with Crippen LogP contribution < -0.4 is 10.5 Å². The molecule has 1 aromatic carbocycles. The molecule has 0 atom stereocenters. The zero-order valence-electron chi connectivity index (χ0n) is 9.56. The van der Waals surface area contributed by atoms with Crippen molar-refractivity contribution in [3.05, 3.63) is 40.6 Å². The van der Waals surface area contributed by atoms with Gasteiger partial charge in [-0.1, -0.05) is 12.1 Å². The molecular formula is C14H15NOS. The molecule has 0 radical (unpaired) electrons. The van der Waals surface area contributed by atoms with Crippen molar-refractivity contribution >= 4 is 11.3 Å². The first kappa shape index (κ1) is 10.8. The second kappa shape index (κ2) is 4.51. The molecule has 0 aliphatic heterocycles. The molecule has 2 N–H and O–H groups in total. The standard InChI is InChI=1S/C14H15NOS/c15-8-14-7-11(9-17-14)10-1-3-12(4-2-10)16-13-5-6-13/h1-4,7,9,13H,5-6,8,15H2. The zero-order valence-corrected chi connectivity index (χ0v) is 10.4. The van der Waals surface area contributed by atoms with Crippen molar-refractivity contribution in [2.24, 2.45) is 5.73 Å². The monoisotopic (exact) mass is 245 g/mol. The van der Waals surface area contributed by atoms with Gasteiger partial charge in [0.05, 0.1) is 6.10 Å². The molecule has 2 nitrogen and oxygen atoms in total. The van der Waals surface area contributed by atoms with Gasteiger partial charge in [-0.25, -0.2) is 0 Å². The first-order chi connectivity index (χ1) is 8.35. The molecule has 1 aliphatic carbocycles. The minimum atomic E-state index is 0.464. The Bertz CT molecular complexity index is 499. The minimum Gasteiger partial charge on any atom is -0.490 e. The van der Waals surface area contributed by atoms with Gasteiger partial charge in [0.25, 0.3) is 0 Å². The van der Waals surface area contributed by atoms with Gasteiger partial charge >= 0.3 is 0 Å². The Balaban J connectivity index is 1.78. The molecule has 2 aromatic rings. The van der Waals surface area contributed by atoms with Crippen LogP contribution in [0.25, 0.3) is 11.1 Å². The van der Waals surface area contributed by atoms with Crippen molar-refractivity contribution in [1.82, 2.24) is 0 Å². The summed E-state index contributed by atoms with van der Waals surface area (Å²) in [6.45, 7) is 0.619. The maximum absolute atomic E-state index is 5.73. The molecule has 3 heteroatoms. The van der Waals surface area contributed by atoms with E-state index in [0.29, 0.717) is 12.6 Å². The molecule has 0 unspecified atom stereocenters. The molecule has 17 heavy (non-hydrogen) atoms. The third-order valence-corrected chi connectivity index (χ3v) is 3.83. The van der Waals surface area contributed by atoms with E-state index in [9.17, 15) is 0 Å². The van der Waals surface area contributed by atoms with Crippen LogP contribution in [0.5, 0.6) is 5.75 Å². The summed E-state index contributed by atoms with van der Waals surface area (Å²) in [4.78, 5) is 1.22. The molecular weight excluding hydrogens is 230 g/mol. The highest BCUT2D eigenvalue weighted by Gasteiger charge is 2.23. The Morgan fingerprint density at radius 3 is 2.53 bits per heavy atom. The third kappa shape index (κ3) is 2.51. The van der Waals surface area contributed by atoms with E-state index in [1.165, 1.54) is 28.8 Å². The van der Waals surface area contributed by atoms with Crippen LogP contribution in [-0.4, -0.2) is 6.10 Å². The van der Waals surface area contributed by atoms with Gasteiger partial charge < -0.3 is 10.5 Å². The quantitative estimate of drug-likeness (QED) is 0.895. The summed E-state index contributed by atoms with van der Waals surface area (Å²) >= 11 is 1.71. The van der Waals surface area contributed by atoms with E-state index in [1.807, 2.05) is 12.1 Å². The van der Waals surface area contributed by atoms with Crippen molar-refractivity contribution in [3.63, 3.8) is 0 Å². The summed E-state index contributed by atoms with van der Waals surface area (Å²) in [5.41, 5.74) is 8.09. The third-order valence-electron chi connectivity index (χ3n) is 2.87. The van der Waals surface area contributed by atoms with Crippen LogP contribution in [0.2, 0.25) is 0 Å². The van der Waals surface area contributed by atoms with Gasteiger partial charge in [0.1, 0.15) is 5.75 Å². The molecule has 0 spiro atoms. The molecule has 0 saturated heterocycles. The normalized spacial score (nSPS) is 14.9. The topological polar surface area (TPSA) is 35.2 Å². The number of nitrogens with two attached hydrogens (primary N) is 1. The summed E-state index contributed by atoms with van der Waals surface area (Å²) in [6.07, 6.45) is 2.86. The Labute approximate surface area is 105 Å². The Hall–Kier alpha value is -1.32. The van der Waals surface area contributed by atoms with E-state index in [1.54, 1.807) is 11.3 Å². The van der Waals surface area contributed by atoms with Crippen molar-refractivity contribution in [2.75, 3.05) is 0 Å². The molecule has 1 heterocycles. The maximum Gasteiger partial charge on any atom is 0.119 e. The van der Waals surface area contributed by atoms with Gasteiger partial charge in [0.15, 0.2) is 0 Å². The molecule has 1 aromatic heterocycles. The smallest absolute Gasteiger partial charge is 0.119 e. The summed E-state index contributed by atoms with van der Waals surface area (Å²) in [5.74, 6) is 0.977. The number of rotatable bonds is 4. The fourth-order valence-electron chi connectivity index (χ4n) is 1.74. The van der Waals surface area contributed by atoms with Gasteiger partial charge in [-0.2, -0.15) is 0 Å². The second-order valence-electron chi connectivity index (χ2n) is 4.35. The molecule has 1 saturated carbocycles. The maximum atomic E-state index is 5.73. The average molecular weight is 245 g/mol. The molecule has 1 fully saturated rings. The Morgan fingerprint density at radius 1 is 1.18 bits per heavy atom. The van der Waals surface area contributed by atoms with Crippen LogP contribution in [0.15, 0.2) is 35.7 Å². The Kier molecular flexibility index (Phi) is 2.87. The highest BCUT2D eigenvalue weighted by molar-refractivity contribution is 7.10. The molecule has 88 valence electrons. The predicted molar refractivity (Wildman–Crippen MR) is 71.3 cm³/mol. The average Bonchev–Trinajstić information content (AvgIpc) is 3.05. The lowest BCUT2D eigenvalue weighted by Crippen LogP contribution is -1.95. The van der Waals surface area contributed by atoms with Crippen molar-refractivity contribution in [2.45, 2.75) is 25.5 Å². The number of ether oxygens (including phenoxy) is 1. The summed E-state index contributed by atoms with van der Waals surface area (Å²) in [6, 6.07) is 10.5. The second-order valence-corrected chi connectivity index (χ2v) is 5.34. The van der Waals surface area contributed by atoms with E-state index in [4.69, 9.17) is 10.5 Å². The van der Waals surface area contributed by atoms with Crippen LogP contribution in [0.4, 0.5) is 0 Å². The van der Waals surface area contributed by atoms with Crippen LogP contribution in [-0.2, 0) is 6.54 Å². The van der Waals surface area contributed by atoms with Crippen molar-refractivity contribution in [1.29, 1.82) is 0 Å². The lowest BCUT2D eigenvalue weighted by atomic mass is 10.1.